The molecule has 0 spiro atoms. The van der Waals surface area contributed by atoms with Gasteiger partial charge in [-0.3, -0.25) is 4.79 Å². The molecule has 1 fully saturated rings. The van der Waals surface area contributed by atoms with Crippen molar-refractivity contribution in [3.8, 4) is 0 Å². The molecule has 1 aliphatic heterocycles. The third-order valence-electron chi connectivity index (χ3n) is 5.31. The van der Waals surface area contributed by atoms with Crippen molar-refractivity contribution in [2.75, 3.05) is 32.7 Å². The fourth-order valence-electron chi connectivity index (χ4n) is 3.63. The maximum atomic E-state index is 13.2. The second kappa shape index (κ2) is 7.00. The number of aromatic nitrogens is 1. The highest BCUT2D eigenvalue weighted by Gasteiger charge is 2.25. The monoisotopic (exact) mass is 351 g/mol. The van der Waals surface area contributed by atoms with Gasteiger partial charge in [-0.2, -0.15) is 0 Å². The molecule has 5 heteroatoms. The lowest BCUT2D eigenvalue weighted by molar-refractivity contribution is 0.0633. The van der Waals surface area contributed by atoms with Gasteiger partial charge < -0.3 is 18.8 Å². The quantitative estimate of drug-likeness (QED) is 0.724. The summed E-state index contributed by atoms with van der Waals surface area (Å²) in [5.74, 6) is 0.0965. The molecule has 1 amide bonds. The SMILES string of the molecule is CCN1CCN(C(=O)c2cc3occc3n2Cc2ccc(C)cc2)CC1. The molecule has 1 aromatic carbocycles. The van der Waals surface area contributed by atoms with E-state index < -0.39 is 0 Å². The van der Waals surface area contributed by atoms with Gasteiger partial charge in [-0.05, 0) is 19.0 Å². The number of carbonyl (C=O) groups is 1. The third kappa shape index (κ3) is 3.15. The Hall–Kier alpha value is -2.53. The number of nitrogens with zero attached hydrogens (tertiary/aromatic N) is 3. The molecule has 0 unspecified atom stereocenters. The van der Waals surface area contributed by atoms with Crippen LogP contribution in [0.4, 0.5) is 0 Å². The van der Waals surface area contributed by atoms with E-state index in [4.69, 9.17) is 4.42 Å². The van der Waals surface area contributed by atoms with E-state index in [0.717, 1.165) is 43.8 Å². The standard InChI is InChI=1S/C21H25N3O2/c1-3-22-9-11-23(12-10-22)21(25)19-14-20-18(8-13-26-20)24(19)15-17-6-4-16(2)5-7-17/h4-8,13-14H,3,9-12,15H2,1-2H3. The van der Waals surface area contributed by atoms with Gasteiger partial charge in [-0.25, -0.2) is 0 Å². The summed E-state index contributed by atoms with van der Waals surface area (Å²) in [7, 11) is 0. The minimum absolute atomic E-state index is 0.0965. The normalized spacial score (nSPS) is 15.7. The predicted octanol–water partition coefficient (Wildman–Crippen LogP) is 3.37. The Labute approximate surface area is 153 Å². The molecule has 0 saturated carbocycles. The molecule has 3 heterocycles. The molecule has 3 aromatic rings. The first-order valence-electron chi connectivity index (χ1n) is 9.29. The Morgan fingerprint density at radius 1 is 1.08 bits per heavy atom. The predicted molar refractivity (Wildman–Crippen MR) is 103 cm³/mol. The van der Waals surface area contributed by atoms with Crippen molar-refractivity contribution in [2.45, 2.75) is 20.4 Å². The van der Waals surface area contributed by atoms with Crippen LogP contribution < -0.4 is 0 Å². The summed E-state index contributed by atoms with van der Waals surface area (Å²) in [4.78, 5) is 17.5. The molecule has 4 rings (SSSR count). The average Bonchev–Trinajstić information content (AvgIpc) is 3.25. The van der Waals surface area contributed by atoms with E-state index in [1.54, 1.807) is 6.26 Å². The zero-order valence-corrected chi connectivity index (χ0v) is 15.4. The number of hydrogen-bond acceptors (Lipinski definition) is 3. The van der Waals surface area contributed by atoms with E-state index in [1.807, 2.05) is 17.0 Å². The lowest BCUT2D eigenvalue weighted by Crippen LogP contribution is -2.48. The Balaban J connectivity index is 1.63. The fraction of sp³-hybridized carbons (Fsp3) is 0.381. The second-order valence-electron chi connectivity index (χ2n) is 7.00. The van der Waals surface area contributed by atoms with E-state index in [-0.39, 0.29) is 5.91 Å². The summed E-state index contributed by atoms with van der Waals surface area (Å²) < 4.78 is 7.65. The van der Waals surface area contributed by atoms with Gasteiger partial charge in [0.1, 0.15) is 5.69 Å². The molecule has 0 N–H and O–H groups in total. The number of fused-ring (bicyclic) bond motifs is 1. The van der Waals surface area contributed by atoms with E-state index in [0.29, 0.717) is 12.2 Å². The van der Waals surface area contributed by atoms with E-state index in [9.17, 15) is 4.79 Å². The zero-order valence-electron chi connectivity index (χ0n) is 15.4. The van der Waals surface area contributed by atoms with Crippen LogP contribution in [0.2, 0.25) is 0 Å². The number of aryl methyl sites for hydroxylation is 1. The molecular formula is C21H25N3O2. The van der Waals surface area contributed by atoms with Crippen molar-refractivity contribution >= 4 is 17.0 Å². The highest BCUT2D eigenvalue weighted by atomic mass is 16.3. The lowest BCUT2D eigenvalue weighted by atomic mass is 10.1. The maximum Gasteiger partial charge on any atom is 0.270 e. The van der Waals surface area contributed by atoms with Gasteiger partial charge in [0.05, 0.1) is 11.8 Å². The lowest BCUT2D eigenvalue weighted by Gasteiger charge is -2.34. The number of hydrogen-bond donors (Lipinski definition) is 0. The van der Waals surface area contributed by atoms with Crippen LogP contribution in [0.15, 0.2) is 47.1 Å². The summed E-state index contributed by atoms with van der Waals surface area (Å²) in [6.45, 7) is 9.40. The fourth-order valence-corrected chi connectivity index (χ4v) is 3.63. The molecule has 0 bridgehead atoms. The topological polar surface area (TPSA) is 41.6 Å². The maximum absolute atomic E-state index is 13.2. The van der Waals surface area contributed by atoms with Gasteiger partial charge in [0.2, 0.25) is 0 Å². The Morgan fingerprint density at radius 3 is 2.50 bits per heavy atom. The van der Waals surface area contributed by atoms with Crippen LogP contribution in [0.3, 0.4) is 0 Å². The van der Waals surface area contributed by atoms with Crippen LogP contribution >= 0.6 is 0 Å². The smallest absolute Gasteiger partial charge is 0.270 e. The van der Waals surface area contributed by atoms with Crippen molar-refractivity contribution in [1.29, 1.82) is 0 Å². The summed E-state index contributed by atoms with van der Waals surface area (Å²) >= 11 is 0. The highest BCUT2D eigenvalue weighted by molar-refractivity contribution is 5.97. The van der Waals surface area contributed by atoms with Gasteiger partial charge in [0, 0.05) is 44.9 Å². The summed E-state index contributed by atoms with van der Waals surface area (Å²) in [6, 6.07) is 12.3. The van der Waals surface area contributed by atoms with Crippen LogP contribution in [-0.2, 0) is 6.54 Å². The molecule has 1 saturated heterocycles. The van der Waals surface area contributed by atoms with Gasteiger partial charge in [0.25, 0.3) is 5.91 Å². The van der Waals surface area contributed by atoms with Crippen LogP contribution in [0, 0.1) is 6.92 Å². The molecule has 0 radical (unpaired) electrons. The highest BCUT2D eigenvalue weighted by Crippen LogP contribution is 2.24. The first-order valence-corrected chi connectivity index (χ1v) is 9.29. The van der Waals surface area contributed by atoms with Crippen molar-refractivity contribution in [3.05, 3.63) is 59.5 Å². The Kier molecular flexibility index (Phi) is 4.55. The van der Waals surface area contributed by atoms with Gasteiger partial charge in [-0.15, -0.1) is 0 Å². The molecule has 0 atom stereocenters. The number of likely N-dealkylation sites (N-methyl/N-ethyl adjacent to an activating group) is 1. The number of benzene rings is 1. The summed E-state index contributed by atoms with van der Waals surface area (Å²) in [6.07, 6.45) is 1.69. The van der Waals surface area contributed by atoms with E-state index in [1.165, 1.54) is 11.1 Å². The molecule has 5 nitrogen and oxygen atoms in total. The number of rotatable bonds is 4. The Morgan fingerprint density at radius 2 is 1.81 bits per heavy atom. The largest absolute Gasteiger partial charge is 0.463 e. The number of amides is 1. The van der Waals surface area contributed by atoms with Crippen molar-refractivity contribution < 1.29 is 9.21 Å². The van der Waals surface area contributed by atoms with Gasteiger partial charge in [0.15, 0.2) is 5.58 Å². The van der Waals surface area contributed by atoms with Crippen molar-refractivity contribution in [2.24, 2.45) is 0 Å². The molecule has 136 valence electrons. The molecule has 2 aromatic heterocycles. The van der Waals surface area contributed by atoms with Gasteiger partial charge >= 0.3 is 0 Å². The van der Waals surface area contributed by atoms with Crippen LogP contribution in [0.25, 0.3) is 11.1 Å². The van der Waals surface area contributed by atoms with Crippen molar-refractivity contribution in [3.63, 3.8) is 0 Å². The summed E-state index contributed by atoms with van der Waals surface area (Å²) in [5.41, 5.74) is 4.87. The molecular weight excluding hydrogens is 326 g/mol. The minimum Gasteiger partial charge on any atom is -0.463 e. The Bertz CT molecular complexity index is 899. The van der Waals surface area contributed by atoms with Crippen LogP contribution in [0.1, 0.15) is 28.5 Å². The van der Waals surface area contributed by atoms with Crippen LogP contribution in [-0.4, -0.2) is 53.0 Å². The molecule has 1 aliphatic rings. The second-order valence-corrected chi connectivity index (χ2v) is 7.00. The minimum atomic E-state index is 0.0965. The molecule has 26 heavy (non-hydrogen) atoms. The van der Waals surface area contributed by atoms with E-state index >= 15 is 0 Å². The number of carbonyl (C=O) groups excluding carboxylic acids is 1. The summed E-state index contributed by atoms with van der Waals surface area (Å²) in [5, 5.41) is 0. The van der Waals surface area contributed by atoms with E-state index in [2.05, 4.69) is 47.6 Å². The first-order chi connectivity index (χ1) is 12.7. The number of furan rings is 1. The average molecular weight is 351 g/mol. The zero-order chi connectivity index (χ0) is 18.1. The third-order valence-corrected chi connectivity index (χ3v) is 5.31. The van der Waals surface area contributed by atoms with Crippen LogP contribution in [0.5, 0.6) is 0 Å². The van der Waals surface area contributed by atoms with Gasteiger partial charge in [-0.1, -0.05) is 36.8 Å². The van der Waals surface area contributed by atoms with Crippen molar-refractivity contribution in [1.82, 2.24) is 14.4 Å². The first kappa shape index (κ1) is 16.9. The molecule has 0 aliphatic carbocycles. The number of piperazine rings is 1.